The van der Waals surface area contributed by atoms with Crippen molar-refractivity contribution in [1.29, 1.82) is 0 Å². The molecule has 0 radical (unpaired) electrons. The van der Waals surface area contributed by atoms with Gasteiger partial charge in [-0.2, -0.15) is 0 Å². The fourth-order valence-corrected chi connectivity index (χ4v) is 8.98. The van der Waals surface area contributed by atoms with E-state index in [1.165, 1.54) is 10.4 Å². The average Bonchev–Trinajstić information content (AvgIpc) is 2.69. The first-order valence-electron chi connectivity index (χ1n) is 11.1. The van der Waals surface area contributed by atoms with Gasteiger partial charge in [0.15, 0.2) is 8.32 Å². The fraction of sp³-hybridized carbons (Fsp3) is 0.462. The lowest BCUT2D eigenvalue weighted by molar-refractivity contribution is 0.246. The summed E-state index contributed by atoms with van der Waals surface area (Å²) in [6.07, 6.45) is 1.77. The Bertz CT molecular complexity index is 808. The SMILES string of the molecule is CC(C)(C)[Si](C)(C)OCC(O)=CCO[Si](c1ccccc1)(c1ccccc1)C(C)(C)C. The Hall–Kier alpha value is -1.67. The number of aliphatic hydroxyl groups is 1. The van der Waals surface area contributed by atoms with Gasteiger partial charge in [-0.15, -0.1) is 0 Å². The van der Waals surface area contributed by atoms with Crippen LogP contribution in [0.1, 0.15) is 41.5 Å². The van der Waals surface area contributed by atoms with E-state index in [2.05, 4.69) is 103 Å². The molecule has 31 heavy (non-hydrogen) atoms. The molecule has 5 heteroatoms. The monoisotopic (exact) mass is 456 g/mol. The number of aliphatic hydroxyl groups excluding tert-OH is 1. The molecule has 0 saturated carbocycles. The quantitative estimate of drug-likeness (QED) is 0.389. The summed E-state index contributed by atoms with van der Waals surface area (Å²) >= 11 is 0. The molecule has 170 valence electrons. The van der Waals surface area contributed by atoms with Gasteiger partial charge in [0.1, 0.15) is 5.76 Å². The first-order valence-corrected chi connectivity index (χ1v) is 15.9. The molecule has 0 spiro atoms. The summed E-state index contributed by atoms with van der Waals surface area (Å²) in [5.41, 5.74) is 0. The van der Waals surface area contributed by atoms with Crippen molar-refractivity contribution >= 4 is 27.0 Å². The van der Waals surface area contributed by atoms with E-state index >= 15 is 0 Å². The zero-order chi connectivity index (χ0) is 23.3. The highest BCUT2D eigenvalue weighted by molar-refractivity contribution is 6.99. The van der Waals surface area contributed by atoms with E-state index in [9.17, 15) is 5.11 Å². The number of hydrogen-bond donors (Lipinski definition) is 1. The van der Waals surface area contributed by atoms with E-state index in [0.29, 0.717) is 6.61 Å². The third kappa shape index (κ3) is 5.98. The smallest absolute Gasteiger partial charge is 0.261 e. The van der Waals surface area contributed by atoms with Crippen LogP contribution < -0.4 is 10.4 Å². The van der Waals surface area contributed by atoms with E-state index in [1.54, 1.807) is 6.08 Å². The van der Waals surface area contributed by atoms with Crippen LogP contribution in [0, 0.1) is 0 Å². The molecule has 0 fully saturated rings. The summed E-state index contributed by atoms with van der Waals surface area (Å²) < 4.78 is 12.9. The summed E-state index contributed by atoms with van der Waals surface area (Å²) in [6.45, 7) is 18.3. The predicted octanol–water partition coefficient (Wildman–Crippen LogP) is 6.03. The average molecular weight is 457 g/mol. The van der Waals surface area contributed by atoms with Gasteiger partial charge < -0.3 is 14.0 Å². The van der Waals surface area contributed by atoms with Crippen LogP contribution in [0.5, 0.6) is 0 Å². The first kappa shape index (κ1) is 25.6. The minimum Gasteiger partial charge on any atom is -0.510 e. The Balaban J connectivity index is 2.30. The van der Waals surface area contributed by atoms with Gasteiger partial charge in [0.25, 0.3) is 8.32 Å². The Morgan fingerprint density at radius 3 is 1.61 bits per heavy atom. The van der Waals surface area contributed by atoms with Crippen molar-refractivity contribution in [1.82, 2.24) is 0 Å². The van der Waals surface area contributed by atoms with Gasteiger partial charge in [0.2, 0.25) is 0 Å². The maximum atomic E-state index is 10.5. The Morgan fingerprint density at radius 2 is 1.23 bits per heavy atom. The second kappa shape index (κ2) is 9.86. The third-order valence-electron chi connectivity index (χ3n) is 6.42. The highest BCUT2D eigenvalue weighted by atomic mass is 28.4. The lowest BCUT2D eigenvalue weighted by atomic mass is 10.2. The molecule has 2 aromatic rings. The Morgan fingerprint density at radius 1 is 0.774 bits per heavy atom. The summed E-state index contributed by atoms with van der Waals surface area (Å²) in [7, 11) is -4.51. The molecule has 0 atom stereocenters. The minimum atomic E-state index is -2.59. The second-order valence-corrected chi connectivity index (χ2v) is 19.8. The van der Waals surface area contributed by atoms with E-state index in [4.69, 9.17) is 8.85 Å². The largest absolute Gasteiger partial charge is 0.510 e. The molecule has 0 heterocycles. The van der Waals surface area contributed by atoms with Crippen LogP contribution in [0.15, 0.2) is 72.5 Å². The van der Waals surface area contributed by atoms with Crippen molar-refractivity contribution in [2.45, 2.75) is 64.7 Å². The van der Waals surface area contributed by atoms with Crippen molar-refractivity contribution in [3.63, 3.8) is 0 Å². The minimum absolute atomic E-state index is 0.0865. The molecule has 1 N–H and O–H groups in total. The molecule has 0 aliphatic heterocycles. The topological polar surface area (TPSA) is 38.7 Å². The molecule has 0 bridgehead atoms. The highest BCUT2D eigenvalue weighted by Crippen LogP contribution is 2.37. The van der Waals surface area contributed by atoms with Crippen LogP contribution in [0.3, 0.4) is 0 Å². The molecule has 0 amide bonds. The summed E-state index contributed by atoms with van der Waals surface area (Å²) in [5, 5.41) is 13.0. The molecular formula is C26H40O3Si2. The molecule has 2 aromatic carbocycles. The van der Waals surface area contributed by atoms with E-state index in [-0.39, 0.29) is 22.4 Å². The molecule has 0 aromatic heterocycles. The van der Waals surface area contributed by atoms with Gasteiger partial charge in [0.05, 0.1) is 13.2 Å². The van der Waals surface area contributed by atoms with Crippen molar-refractivity contribution in [2.75, 3.05) is 13.2 Å². The maximum absolute atomic E-state index is 10.5. The Kier molecular flexibility index (Phi) is 8.14. The van der Waals surface area contributed by atoms with E-state index in [0.717, 1.165) is 0 Å². The van der Waals surface area contributed by atoms with Gasteiger partial charge >= 0.3 is 0 Å². The predicted molar refractivity (Wildman–Crippen MR) is 137 cm³/mol. The van der Waals surface area contributed by atoms with Crippen molar-refractivity contribution < 1.29 is 14.0 Å². The van der Waals surface area contributed by atoms with Gasteiger partial charge in [-0.25, -0.2) is 0 Å². The van der Waals surface area contributed by atoms with Crippen LogP contribution in [-0.2, 0) is 8.85 Å². The molecule has 0 aliphatic carbocycles. The van der Waals surface area contributed by atoms with Crippen molar-refractivity contribution in [3.05, 3.63) is 72.5 Å². The van der Waals surface area contributed by atoms with Crippen LogP contribution >= 0.6 is 0 Å². The molecule has 0 saturated heterocycles. The maximum Gasteiger partial charge on any atom is 0.261 e. The third-order valence-corrected chi connectivity index (χ3v) is 15.9. The zero-order valence-corrected chi connectivity index (χ0v) is 22.5. The van der Waals surface area contributed by atoms with Crippen LogP contribution in [0.25, 0.3) is 0 Å². The van der Waals surface area contributed by atoms with Crippen molar-refractivity contribution in [2.24, 2.45) is 0 Å². The fourth-order valence-electron chi connectivity index (χ4n) is 3.55. The molecule has 3 nitrogen and oxygen atoms in total. The number of rotatable bonds is 8. The van der Waals surface area contributed by atoms with Gasteiger partial charge in [-0.05, 0) is 39.6 Å². The number of hydrogen-bond acceptors (Lipinski definition) is 3. The first-order chi connectivity index (χ1) is 14.3. The lowest BCUT2D eigenvalue weighted by Crippen LogP contribution is -2.66. The van der Waals surface area contributed by atoms with Gasteiger partial charge in [-0.1, -0.05) is 102 Å². The highest BCUT2D eigenvalue weighted by Gasteiger charge is 2.50. The standard InChI is InChI=1S/C26H40O3Si2/c1-25(2,3)30(7,8)29-21-22(27)19-20-28-31(26(4,5)6,23-15-11-9-12-16-23)24-17-13-10-14-18-24/h9-19,27H,20-21H2,1-8H3. The Labute approximate surface area is 191 Å². The summed E-state index contributed by atoms with van der Waals surface area (Å²) in [4.78, 5) is 0. The summed E-state index contributed by atoms with van der Waals surface area (Å²) in [5.74, 6) is 0.239. The summed E-state index contributed by atoms with van der Waals surface area (Å²) in [6, 6.07) is 21.1. The molecule has 0 aliphatic rings. The molecule has 0 unspecified atom stereocenters. The van der Waals surface area contributed by atoms with Crippen LogP contribution in [-0.4, -0.2) is 35.0 Å². The number of benzene rings is 2. The molecular weight excluding hydrogens is 416 g/mol. The van der Waals surface area contributed by atoms with Crippen LogP contribution in [0.4, 0.5) is 0 Å². The van der Waals surface area contributed by atoms with E-state index in [1.807, 2.05) is 12.1 Å². The molecule has 2 rings (SSSR count). The zero-order valence-electron chi connectivity index (χ0n) is 20.5. The second-order valence-electron chi connectivity index (χ2n) is 10.7. The normalized spacial score (nSPS) is 14.0. The van der Waals surface area contributed by atoms with Crippen molar-refractivity contribution in [3.8, 4) is 0 Å². The van der Waals surface area contributed by atoms with E-state index < -0.39 is 16.6 Å². The van der Waals surface area contributed by atoms with Gasteiger partial charge in [0, 0.05) is 0 Å². The van der Waals surface area contributed by atoms with Crippen LogP contribution in [0.2, 0.25) is 23.2 Å². The van der Waals surface area contributed by atoms with Gasteiger partial charge in [-0.3, -0.25) is 0 Å². The lowest BCUT2D eigenvalue weighted by Gasteiger charge is -2.42.